The first kappa shape index (κ1) is 19.9. The molecule has 9 heteroatoms. The van der Waals surface area contributed by atoms with Gasteiger partial charge in [-0.2, -0.15) is 0 Å². The van der Waals surface area contributed by atoms with Crippen LogP contribution in [-0.4, -0.2) is 74.1 Å². The molecule has 0 radical (unpaired) electrons. The standard InChI is InChI=1S/C15H18O9/c1-8(18)24-11-5-3-2-4-9(11)13(21)15(23,12(20)7-17)14(22)10(19)6-16/h2-5,7,10,12,14,16,19-20,22-23H,6H2,1H3/t10-,12+,14-,15+/m1/s1. The lowest BCUT2D eigenvalue weighted by molar-refractivity contribution is -0.161. The highest BCUT2D eigenvalue weighted by Crippen LogP contribution is 2.28. The van der Waals surface area contributed by atoms with Crippen molar-refractivity contribution >= 4 is 18.0 Å². The molecule has 132 valence electrons. The molecule has 0 saturated heterocycles. The van der Waals surface area contributed by atoms with Crippen molar-refractivity contribution in [2.24, 2.45) is 0 Å². The number of aliphatic hydroxyl groups is 5. The second kappa shape index (κ2) is 8.08. The van der Waals surface area contributed by atoms with Crippen molar-refractivity contribution < 1.29 is 44.7 Å². The number of Topliss-reactive ketones (excluding diaryl/α,β-unsaturated/α-hetero) is 1. The van der Waals surface area contributed by atoms with Crippen molar-refractivity contribution in [2.75, 3.05) is 6.61 Å². The van der Waals surface area contributed by atoms with Crippen LogP contribution in [0, 0.1) is 0 Å². The normalized spacial score (nSPS) is 17.2. The number of rotatable bonds is 8. The van der Waals surface area contributed by atoms with Crippen LogP contribution >= 0.6 is 0 Å². The third-order valence-electron chi connectivity index (χ3n) is 3.33. The average Bonchev–Trinajstić information content (AvgIpc) is 2.58. The van der Waals surface area contributed by atoms with E-state index in [1.54, 1.807) is 0 Å². The van der Waals surface area contributed by atoms with Gasteiger partial charge in [0.25, 0.3) is 0 Å². The zero-order valence-electron chi connectivity index (χ0n) is 12.7. The molecule has 0 spiro atoms. The summed E-state index contributed by atoms with van der Waals surface area (Å²) in [5.74, 6) is -2.43. The molecule has 0 heterocycles. The van der Waals surface area contributed by atoms with E-state index >= 15 is 0 Å². The first-order valence-electron chi connectivity index (χ1n) is 6.85. The van der Waals surface area contributed by atoms with E-state index in [9.17, 15) is 34.8 Å². The quantitative estimate of drug-likeness (QED) is 0.153. The molecule has 0 aliphatic rings. The van der Waals surface area contributed by atoms with Gasteiger partial charge in [-0.05, 0) is 12.1 Å². The Bertz CT molecular complexity index is 615. The smallest absolute Gasteiger partial charge is 0.308 e. The number of aliphatic hydroxyl groups excluding tert-OH is 4. The Morgan fingerprint density at radius 1 is 1.25 bits per heavy atom. The average molecular weight is 342 g/mol. The lowest BCUT2D eigenvalue weighted by atomic mass is 9.80. The number of aldehydes is 1. The van der Waals surface area contributed by atoms with Crippen LogP contribution in [0.3, 0.4) is 0 Å². The van der Waals surface area contributed by atoms with Gasteiger partial charge in [0.1, 0.15) is 24.1 Å². The Kier molecular flexibility index (Phi) is 6.70. The van der Waals surface area contributed by atoms with Crippen molar-refractivity contribution in [1.29, 1.82) is 0 Å². The van der Waals surface area contributed by atoms with Gasteiger partial charge < -0.3 is 35.1 Å². The number of benzene rings is 1. The highest BCUT2D eigenvalue weighted by Gasteiger charge is 2.53. The molecule has 0 fully saturated rings. The number of para-hydroxylation sites is 1. The molecule has 1 rings (SSSR count). The van der Waals surface area contributed by atoms with Gasteiger partial charge in [-0.25, -0.2) is 0 Å². The minimum Gasteiger partial charge on any atom is -0.426 e. The van der Waals surface area contributed by atoms with Crippen LogP contribution in [0.2, 0.25) is 0 Å². The molecule has 1 aromatic rings. The predicted molar refractivity (Wildman–Crippen MR) is 78.2 cm³/mol. The Morgan fingerprint density at radius 2 is 1.83 bits per heavy atom. The van der Waals surface area contributed by atoms with E-state index in [2.05, 4.69) is 0 Å². The first-order valence-corrected chi connectivity index (χ1v) is 6.85. The summed E-state index contributed by atoms with van der Waals surface area (Å²) in [6.45, 7) is 0.0199. The minimum atomic E-state index is -3.17. The third-order valence-corrected chi connectivity index (χ3v) is 3.33. The van der Waals surface area contributed by atoms with Crippen molar-refractivity contribution in [2.45, 2.75) is 30.8 Å². The van der Waals surface area contributed by atoms with Crippen LogP contribution in [0.5, 0.6) is 5.75 Å². The maximum absolute atomic E-state index is 12.6. The highest BCUT2D eigenvalue weighted by atomic mass is 16.5. The fourth-order valence-corrected chi connectivity index (χ4v) is 2.05. The zero-order chi connectivity index (χ0) is 18.5. The van der Waals surface area contributed by atoms with E-state index in [0.717, 1.165) is 13.0 Å². The summed E-state index contributed by atoms with van der Waals surface area (Å²) in [6.07, 6.45) is -7.03. The van der Waals surface area contributed by atoms with Crippen LogP contribution in [0.25, 0.3) is 0 Å². The zero-order valence-corrected chi connectivity index (χ0v) is 12.7. The minimum absolute atomic E-state index is 0.209. The monoisotopic (exact) mass is 342 g/mol. The molecule has 0 unspecified atom stereocenters. The van der Waals surface area contributed by atoms with Crippen LogP contribution in [0.4, 0.5) is 0 Å². The summed E-state index contributed by atoms with van der Waals surface area (Å²) in [6, 6.07) is 5.12. The number of hydrogen-bond acceptors (Lipinski definition) is 9. The van der Waals surface area contributed by atoms with E-state index in [4.69, 9.17) is 9.84 Å². The first-order chi connectivity index (χ1) is 11.2. The second-order valence-corrected chi connectivity index (χ2v) is 5.02. The van der Waals surface area contributed by atoms with Gasteiger partial charge in [-0.15, -0.1) is 0 Å². The molecule has 0 aliphatic heterocycles. The maximum Gasteiger partial charge on any atom is 0.308 e. The fourth-order valence-electron chi connectivity index (χ4n) is 2.05. The lowest BCUT2D eigenvalue weighted by Gasteiger charge is -2.35. The summed E-state index contributed by atoms with van der Waals surface area (Å²) < 4.78 is 4.81. The molecule has 0 aliphatic carbocycles. The van der Waals surface area contributed by atoms with Crippen LogP contribution in [0.15, 0.2) is 24.3 Å². The van der Waals surface area contributed by atoms with E-state index in [0.29, 0.717) is 0 Å². The van der Waals surface area contributed by atoms with Gasteiger partial charge in [0.15, 0.2) is 11.9 Å². The SMILES string of the molecule is CC(=O)Oc1ccccc1C(=O)[C@](O)([C@H](O)[C@H](O)CO)[C@@H](O)C=O. The molecule has 9 nitrogen and oxygen atoms in total. The Morgan fingerprint density at radius 3 is 2.33 bits per heavy atom. The van der Waals surface area contributed by atoms with Gasteiger partial charge in [0.05, 0.1) is 12.2 Å². The van der Waals surface area contributed by atoms with E-state index in [-0.39, 0.29) is 12.0 Å². The number of carbonyl (C=O) groups excluding carboxylic acids is 3. The lowest BCUT2D eigenvalue weighted by Crippen LogP contribution is -2.63. The topological polar surface area (TPSA) is 162 Å². The maximum atomic E-state index is 12.6. The van der Waals surface area contributed by atoms with E-state index in [1.807, 2.05) is 0 Å². The van der Waals surface area contributed by atoms with Crippen molar-refractivity contribution in [1.82, 2.24) is 0 Å². The number of ether oxygens (including phenoxy) is 1. The van der Waals surface area contributed by atoms with Gasteiger partial charge in [-0.3, -0.25) is 9.59 Å². The van der Waals surface area contributed by atoms with Crippen molar-refractivity contribution in [3.8, 4) is 5.75 Å². The summed E-state index contributed by atoms with van der Waals surface area (Å²) in [5, 5.41) is 48.4. The Labute approximate surface area is 136 Å². The Hall–Kier alpha value is -2.17. The van der Waals surface area contributed by atoms with Crippen LogP contribution in [0.1, 0.15) is 17.3 Å². The Balaban J connectivity index is 3.42. The molecule has 24 heavy (non-hydrogen) atoms. The molecule has 5 N–H and O–H groups in total. The molecule has 0 amide bonds. The molecule has 1 aromatic carbocycles. The van der Waals surface area contributed by atoms with Gasteiger partial charge in [0, 0.05) is 6.92 Å². The largest absolute Gasteiger partial charge is 0.426 e. The summed E-state index contributed by atoms with van der Waals surface area (Å²) in [4.78, 5) is 34.6. The summed E-state index contributed by atoms with van der Waals surface area (Å²) >= 11 is 0. The van der Waals surface area contributed by atoms with Crippen molar-refractivity contribution in [3.63, 3.8) is 0 Å². The summed E-state index contributed by atoms with van der Waals surface area (Å²) in [5.41, 5.74) is -3.58. The fraction of sp³-hybridized carbons (Fsp3) is 0.400. The molecular formula is C15H18O9. The molecular weight excluding hydrogens is 324 g/mol. The van der Waals surface area contributed by atoms with Crippen LogP contribution in [-0.2, 0) is 9.59 Å². The van der Waals surface area contributed by atoms with E-state index in [1.165, 1.54) is 18.2 Å². The van der Waals surface area contributed by atoms with Gasteiger partial charge in [0.2, 0.25) is 5.78 Å². The molecule has 0 aromatic heterocycles. The number of esters is 1. The number of carbonyl (C=O) groups is 3. The van der Waals surface area contributed by atoms with Gasteiger partial charge in [-0.1, -0.05) is 12.1 Å². The second-order valence-electron chi connectivity index (χ2n) is 5.02. The summed E-state index contributed by atoms with van der Waals surface area (Å²) in [7, 11) is 0. The molecule has 0 saturated carbocycles. The third kappa shape index (κ3) is 3.83. The molecule has 0 bridgehead atoms. The number of hydrogen-bond donors (Lipinski definition) is 5. The van der Waals surface area contributed by atoms with Gasteiger partial charge >= 0.3 is 5.97 Å². The van der Waals surface area contributed by atoms with Crippen molar-refractivity contribution in [3.05, 3.63) is 29.8 Å². The van der Waals surface area contributed by atoms with E-state index < -0.39 is 47.8 Å². The predicted octanol–water partition coefficient (Wildman–Crippen LogP) is -2.20. The highest BCUT2D eigenvalue weighted by molar-refractivity contribution is 6.07. The number of ketones is 1. The molecule has 4 atom stereocenters. The van der Waals surface area contributed by atoms with Crippen LogP contribution < -0.4 is 4.74 Å².